The van der Waals surface area contributed by atoms with Crippen molar-refractivity contribution in [2.24, 2.45) is 0 Å². The van der Waals surface area contributed by atoms with E-state index in [1.165, 1.54) is 0 Å². The molecule has 1 aliphatic rings. The molecule has 6 heteroatoms. The number of aliphatic hydroxyl groups is 1. The molecule has 1 heterocycles. The summed E-state index contributed by atoms with van der Waals surface area (Å²) in [6.07, 6.45) is -0.0396. The molecule has 1 aromatic rings. The average Bonchev–Trinajstić information content (AvgIpc) is 2.66. The van der Waals surface area contributed by atoms with E-state index in [2.05, 4.69) is 18.3 Å². The largest absolute Gasteiger partial charge is 0.491 e. The number of carbonyl (C=O) groups is 2. The Morgan fingerprint density at radius 1 is 1.30 bits per heavy atom. The van der Waals surface area contributed by atoms with Crippen LogP contribution in [0.2, 0.25) is 0 Å². The minimum atomic E-state index is -0.941. The van der Waals surface area contributed by atoms with E-state index >= 15 is 0 Å². The zero-order valence-electron chi connectivity index (χ0n) is 14.0. The topological polar surface area (TPSA) is 78.9 Å². The smallest absolute Gasteiger partial charge is 0.325 e. The summed E-state index contributed by atoms with van der Waals surface area (Å²) in [7, 11) is 0. The Morgan fingerprint density at radius 3 is 2.57 bits per heavy atom. The molecule has 6 nitrogen and oxygen atoms in total. The first-order valence-electron chi connectivity index (χ1n) is 7.78. The van der Waals surface area contributed by atoms with E-state index in [4.69, 9.17) is 4.74 Å². The van der Waals surface area contributed by atoms with Crippen molar-refractivity contribution in [2.45, 2.75) is 45.8 Å². The number of amides is 3. The monoisotopic (exact) mass is 320 g/mol. The third kappa shape index (κ3) is 4.01. The molecule has 2 N–H and O–H groups in total. The third-order valence-corrected chi connectivity index (χ3v) is 3.80. The molecule has 23 heavy (non-hydrogen) atoms. The standard InChI is InChI=1S/C17H24N2O4/c1-5-12-6-11(2)7-14(8-12)23-10-13(20)9-19-15(21)17(3,4)18-16(19)22/h6-8,13,20H,5,9-10H2,1-4H3,(H,18,22)/t13-/m0/s1. The van der Waals surface area contributed by atoms with Crippen molar-refractivity contribution >= 4 is 11.9 Å². The Hall–Kier alpha value is -2.08. The number of carbonyl (C=O) groups excluding carboxylic acids is 2. The predicted molar refractivity (Wildman–Crippen MR) is 86.4 cm³/mol. The lowest BCUT2D eigenvalue weighted by Crippen LogP contribution is -2.42. The van der Waals surface area contributed by atoms with Gasteiger partial charge in [0.25, 0.3) is 5.91 Å². The summed E-state index contributed by atoms with van der Waals surface area (Å²) in [6.45, 7) is 7.25. The van der Waals surface area contributed by atoms with Crippen LogP contribution in [0.25, 0.3) is 0 Å². The van der Waals surface area contributed by atoms with Crippen molar-refractivity contribution in [1.29, 1.82) is 0 Å². The van der Waals surface area contributed by atoms with Gasteiger partial charge in [-0.15, -0.1) is 0 Å². The third-order valence-electron chi connectivity index (χ3n) is 3.80. The van der Waals surface area contributed by atoms with Gasteiger partial charge in [0, 0.05) is 0 Å². The number of aliphatic hydroxyl groups excluding tert-OH is 1. The highest BCUT2D eigenvalue weighted by molar-refractivity contribution is 6.06. The fourth-order valence-corrected chi connectivity index (χ4v) is 2.55. The molecule has 0 unspecified atom stereocenters. The average molecular weight is 320 g/mol. The fraction of sp³-hybridized carbons (Fsp3) is 0.529. The molecule has 0 aliphatic carbocycles. The highest BCUT2D eigenvalue weighted by atomic mass is 16.5. The van der Waals surface area contributed by atoms with Gasteiger partial charge in [0.05, 0.1) is 6.54 Å². The van der Waals surface area contributed by atoms with Crippen molar-refractivity contribution in [3.05, 3.63) is 29.3 Å². The molecule has 0 bridgehead atoms. The maximum Gasteiger partial charge on any atom is 0.325 e. The summed E-state index contributed by atoms with van der Waals surface area (Å²) in [5.41, 5.74) is 1.32. The molecule has 1 fully saturated rings. The van der Waals surface area contributed by atoms with Crippen molar-refractivity contribution in [2.75, 3.05) is 13.2 Å². The van der Waals surface area contributed by atoms with Gasteiger partial charge in [-0.25, -0.2) is 4.79 Å². The number of nitrogens with one attached hydrogen (secondary N) is 1. The quantitative estimate of drug-likeness (QED) is 0.781. The normalized spacial score (nSPS) is 18.0. The summed E-state index contributed by atoms with van der Waals surface area (Å²) in [6, 6.07) is 5.42. The summed E-state index contributed by atoms with van der Waals surface area (Å²) in [5, 5.41) is 12.7. The SMILES string of the molecule is CCc1cc(C)cc(OC[C@@H](O)CN2C(=O)NC(C)(C)C2=O)c1. The summed E-state index contributed by atoms with van der Waals surface area (Å²) < 4.78 is 5.60. The van der Waals surface area contributed by atoms with Crippen LogP contribution in [0.4, 0.5) is 4.79 Å². The van der Waals surface area contributed by atoms with Gasteiger partial charge in [-0.2, -0.15) is 0 Å². The fourth-order valence-electron chi connectivity index (χ4n) is 2.55. The van der Waals surface area contributed by atoms with Gasteiger partial charge in [-0.05, 0) is 50.5 Å². The first kappa shape index (κ1) is 17.3. The number of ether oxygens (including phenoxy) is 1. The molecule has 0 aromatic heterocycles. The number of benzene rings is 1. The molecular weight excluding hydrogens is 296 g/mol. The number of urea groups is 1. The van der Waals surface area contributed by atoms with Crippen LogP contribution in [0.5, 0.6) is 5.75 Å². The molecule has 0 saturated carbocycles. The Bertz CT molecular complexity index is 613. The van der Waals surface area contributed by atoms with Crippen LogP contribution in [0.3, 0.4) is 0 Å². The van der Waals surface area contributed by atoms with Crippen LogP contribution < -0.4 is 10.1 Å². The molecule has 126 valence electrons. The minimum absolute atomic E-state index is 0.0180. The van der Waals surface area contributed by atoms with Gasteiger partial charge < -0.3 is 15.2 Å². The molecule has 3 amide bonds. The molecule has 1 aromatic carbocycles. The molecular formula is C17H24N2O4. The van der Waals surface area contributed by atoms with Crippen LogP contribution in [0.15, 0.2) is 18.2 Å². The minimum Gasteiger partial charge on any atom is -0.491 e. The van der Waals surface area contributed by atoms with E-state index in [1.54, 1.807) is 13.8 Å². The summed E-state index contributed by atoms with van der Waals surface area (Å²) in [5.74, 6) is 0.337. The lowest BCUT2D eigenvalue weighted by Gasteiger charge is -2.19. The predicted octanol–water partition coefficient (Wildman–Crippen LogP) is 1.63. The lowest BCUT2D eigenvalue weighted by molar-refractivity contribution is -0.131. The first-order chi connectivity index (χ1) is 10.7. The Balaban J connectivity index is 1.93. The van der Waals surface area contributed by atoms with E-state index < -0.39 is 17.7 Å². The molecule has 1 atom stereocenters. The maximum atomic E-state index is 12.1. The van der Waals surface area contributed by atoms with Gasteiger partial charge >= 0.3 is 6.03 Å². The van der Waals surface area contributed by atoms with Gasteiger partial charge in [-0.3, -0.25) is 9.69 Å². The van der Waals surface area contributed by atoms with Gasteiger partial charge in [-0.1, -0.05) is 13.0 Å². The van der Waals surface area contributed by atoms with Gasteiger partial charge in [0.15, 0.2) is 0 Å². The highest BCUT2D eigenvalue weighted by Crippen LogP contribution is 2.19. The zero-order chi connectivity index (χ0) is 17.2. The number of aryl methyl sites for hydroxylation is 2. The highest BCUT2D eigenvalue weighted by Gasteiger charge is 2.44. The second-order valence-electron chi connectivity index (χ2n) is 6.44. The van der Waals surface area contributed by atoms with Gasteiger partial charge in [0.2, 0.25) is 0 Å². The molecule has 0 radical (unpaired) electrons. The van der Waals surface area contributed by atoms with E-state index in [0.717, 1.165) is 22.4 Å². The Labute approximate surface area is 136 Å². The van der Waals surface area contributed by atoms with Crippen molar-refractivity contribution < 1.29 is 19.4 Å². The number of hydrogen-bond donors (Lipinski definition) is 2. The number of nitrogens with zero attached hydrogens (tertiary/aromatic N) is 1. The number of rotatable bonds is 6. The molecule has 2 rings (SSSR count). The van der Waals surface area contributed by atoms with E-state index in [0.29, 0.717) is 5.75 Å². The lowest BCUT2D eigenvalue weighted by atomic mass is 10.1. The number of imide groups is 1. The maximum absolute atomic E-state index is 12.1. The second-order valence-corrected chi connectivity index (χ2v) is 6.44. The van der Waals surface area contributed by atoms with Crippen LogP contribution >= 0.6 is 0 Å². The molecule has 0 spiro atoms. The van der Waals surface area contributed by atoms with Crippen LogP contribution in [-0.2, 0) is 11.2 Å². The van der Waals surface area contributed by atoms with Gasteiger partial charge in [0.1, 0.15) is 24.0 Å². The number of β-amino-alcohol motifs (C(OH)–C–C–N with tert-alkyl or cyclic N) is 1. The Kier molecular flexibility index (Phi) is 4.94. The number of hydrogen-bond acceptors (Lipinski definition) is 4. The van der Waals surface area contributed by atoms with Crippen LogP contribution in [-0.4, -0.2) is 46.7 Å². The summed E-state index contributed by atoms with van der Waals surface area (Å²) >= 11 is 0. The Morgan fingerprint density at radius 2 is 2.00 bits per heavy atom. The first-order valence-corrected chi connectivity index (χ1v) is 7.78. The van der Waals surface area contributed by atoms with E-state index in [9.17, 15) is 14.7 Å². The molecule has 1 aliphatic heterocycles. The van der Waals surface area contributed by atoms with Crippen LogP contribution in [0, 0.1) is 6.92 Å². The van der Waals surface area contributed by atoms with E-state index in [1.807, 2.05) is 19.1 Å². The summed E-state index contributed by atoms with van der Waals surface area (Å²) in [4.78, 5) is 24.9. The van der Waals surface area contributed by atoms with E-state index in [-0.39, 0.29) is 19.1 Å². The van der Waals surface area contributed by atoms with Crippen LogP contribution in [0.1, 0.15) is 31.9 Å². The zero-order valence-corrected chi connectivity index (χ0v) is 14.0. The molecule has 1 saturated heterocycles. The second kappa shape index (κ2) is 6.58. The van der Waals surface area contributed by atoms with Crippen molar-refractivity contribution in [1.82, 2.24) is 10.2 Å². The van der Waals surface area contributed by atoms with Crippen molar-refractivity contribution in [3.63, 3.8) is 0 Å². The van der Waals surface area contributed by atoms with Crippen molar-refractivity contribution in [3.8, 4) is 5.75 Å².